The van der Waals surface area contributed by atoms with Crippen LogP contribution in [-0.4, -0.2) is 24.3 Å². The van der Waals surface area contributed by atoms with Gasteiger partial charge in [0.05, 0.1) is 0 Å². The van der Waals surface area contributed by atoms with Crippen molar-refractivity contribution in [3.8, 4) is 0 Å². The molecule has 1 amide bonds. The minimum atomic E-state index is -0.755. The number of ether oxygens (including phenoxy) is 1. The molecule has 0 heterocycles. The van der Waals surface area contributed by atoms with Crippen LogP contribution in [0.5, 0.6) is 0 Å². The van der Waals surface area contributed by atoms with Crippen LogP contribution in [0.4, 0.5) is 10.1 Å². The number of hydrogen-bond acceptors (Lipinski definition) is 4. The summed E-state index contributed by atoms with van der Waals surface area (Å²) in [5.41, 5.74) is 1.14. The van der Waals surface area contributed by atoms with Gasteiger partial charge in [-0.05, 0) is 48.5 Å². The number of Topliss-reactive ketones (excluding diaryl/α,β-unsaturated/α-hetero) is 1. The summed E-state index contributed by atoms with van der Waals surface area (Å²) in [6, 6.07) is 10.6. The lowest BCUT2D eigenvalue weighted by Gasteiger charge is -2.05. The smallest absolute Gasteiger partial charge is 0.331 e. The van der Waals surface area contributed by atoms with Crippen LogP contribution in [-0.2, 0) is 14.3 Å². The van der Waals surface area contributed by atoms with Crippen molar-refractivity contribution in [2.24, 2.45) is 0 Å². The summed E-state index contributed by atoms with van der Waals surface area (Å²) in [7, 11) is 0. The van der Waals surface area contributed by atoms with Crippen molar-refractivity contribution in [3.63, 3.8) is 0 Å². The largest absolute Gasteiger partial charge is 0.454 e. The van der Waals surface area contributed by atoms with Gasteiger partial charge < -0.3 is 10.1 Å². The molecule has 1 N–H and O–H groups in total. The van der Waals surface area contributed by atoms with E-state index in [-0.39, 0.29) is 11.5 Å². The summed E-state index contributed by atoms with van der Waals surface area (Å²) in [5.74, 6) is -1.75. The molecule has 0 spiro atoms. The standard InChI is InChI=1S/C20H17BrFNO4/c1-2-19(25)23-16-7-3-13(4-8-16)18(24)12-27-20(26)10-5-14-11-15(21)6-9-17(14)22/h3-11H,2,12H2,1H3,(H,23,25)/b10-5+. The van der Waals surface area contributed by atoms with E-state index < -0.39 is 24.2 Å². The number of carbonyl (C=O) groups excluding carboxylic acids is 3. The van der Waals surface area contributed by atoms with Gasteiger partial charge >= 0.3 is 5.97 Å². The molecule has 0 radical (unpaired) electrons. The molecule has 0 aliphatic rings. The molecule has 0 atom stereocenters. The van der Waals surface area contributed by atoms with E-state index in [4.69, 9.17) is 4.74 Å². The van der Waals surface area contributed by atoms with Crippen molar-refractivity contribution < 1.29 is 23.5 Å². The summed E-state index contributed by atoms with van der Waals surface area (Å²) >= 11 is 3.22. The van der Waals surface area contributed by atoms with Crippen molar-refractivity contribution >= 4 is 45.4 Å². The Morgan fingerprint density at radius 2 is 1.85 bits per heavy atom. The number of anilines is 1. The fourth-order valence-electron chi connectivity index (χ4n) is 2.06. The molecule has 0 unspecified atom stereocenters. The Kier molecular flexibility index (Phi) is 7.43. The second kappa shape index (κ2) is 9.78. The predicted octanol–water partition coefficient (Wildman–Crippen LogP) is 4.38. The molecule has 2 aromatic rings. The first kappa shape index (κ1) is 20.5. The Bertz CT molecular complexity index is 878. The fourth-order valence-corrected chi connectivity index (χ4v) is 2.44. The Morgan fingerprint density at radius 3 is 2.52 bits per heavy atom. The lowest BCUT2D eigenvalue weighted by molar-refractivity contribution is -0.136. The van der Waals surface area contributed by atoms with E-state index >= 15 is 0 Å². The summed E-state index contributed by atoms with van der Waals surface area (Å²) in [5, 5.41) is 2.67. The molecule has 0 bridgehead atoms. The highest BCUT2D eigenvalue weighted by atomic mass is 79.9. The molecule has 27 heavy (non-hydrogen) atoms. The third kappa shape index (κ3) is 6.45. The Morgan fingerprint density at radius 1 is 1.15 bits per heavy atom. The van der Waals surface area contributed by atoms with Crippen LogP contribution < -0.4 is 5.32 Å². The van der Waals surface area contributed by atoms with Crippen molar-refractivity contribution in [2.75, 3.05) is 11.9 Å². The number of hydrogen-bond donors (Lipinski definition) is 1. The van der Waals surface area contributed by atoms with Crippen molar-refractivity contribution in [2.45, 2.75) is 13.3 Å². The lowest BCUT2D eigenvalue weighted by atomic mass is 10.1. The molecule has 0 aromatic heterocycles. The Labute approximate surface area is 164 Å². The normalized spacial score (nSPS) is 10.6. The topological polar surface area (TPSA) is 72.5 Å². The van der Waals surface area contributed by atoms with Crippen LogP contribution in [0.1, 0.15) is 29.3 Å². The summed E-state index contributed by atoms with van der Waals surface area (Å²) in [6.45, 7) is 1.30. The van der Waals surface area contributed by atoms with E-state index in [1.807, 2.05) is 0 Å². The van der Waals surface area contributed by atoms with Crippen molar-refractivity contribution in [3.05, 3.63) is 70.0 Å². The van der Waals surface area contributed by atoms with Gasteiger partial charge in [0.1, 0.15) is 5.82 Å². The summed E-state index contributed by atoms with van der Waals surface area (Å²) in [6.07, 6.45) is 2.69. The Balaban J connectivity index is 1.89. The monoisotopic (exact) mass is 433 g/mol. The molecule has 0 aliphatic carbocycles. The first-order chi connectivity index (χ1) is 12.9. The minimum absolute atomic E-state index is 0.128. The molecular weight excluding hydrogens is 417 g/mol. The highest BCUT2D eigenvalue weighted by Gasteiger charge is 2.09. The van der Waals surface area contributed by atoms with Crippen LogP contribution in [0.25, 0.3) is 6.08 Å². The van der Waals surface area contributed by atoms with Gasteiger partial charge in [0.25, 0.3) is 0 Å². The summed E-state index contributed by atoms with van der Waals surface area (Å²) in [4.78, 5) is 35.1. The average Bonchev–Trinajstić information content (AvgIpc) is 2.67. The zero-order valence-electron chi connectivity index (χ0n) is 14.5. The fraction of sp³-hybridized carbons (Fsp3) is 0.150. The van der Waals surface area contributed by atoms with E-state index in [0.717, 1.165) is 6.08 Å². The van der Waals surface area contributed by atoms with Crippen LogP contribution in [0.3, 0.4) is 0 Å². The number of ketones is 1. The minimum Gasteiger partial charge on any atom is -0.454 e. The second-order valence-corrected chi connectivity index (χ2v) is 6.42. The number of amides is 1. The number of esters is 1. The van der Waals surface area contributed by atoms with Crippen LogP contribution in [0.2, 0.25) is 0 Å². The number of halogens is 2. The maximum atomic E-state index is 13.6. The first-order valence-electron chi connectivity index (χ1n) is 8.12. The molecule has 0 fully saturated rings. The third-order valence-electron chi connectivity index (χ3n) is 3.51. The molecule has 2 aromatic carbocycles. The highest BCUT2D eigenvalue weighted by molar-refractivity contribution is 9.10. The van der Waals surface area contributed by atoms with Crippen LogP contribution >= 0.6 is 15.9 Å². The maximum Gasteiger partial charge on any atom is 0.331 e. The number of rotatable bonds is 7. The second-order valence-electron chi connectivity index (χ2n) is 5.51. The van der Waals surface area contributed by atoms with Gasteiger partial charge in [-0.25, -0.2) is 9.18 Å². The van der Waals surface area contributed by atoms with E-state index in [1.165, 1.54) is 30.3 Å². The van der Waals surface area contributed by atoms with Gasteiger partial charge in [0.15, 0.2) is 12.4 Å². The number of nitrogens with one attached hydrogen (secondary N) is 1. The van der Waals surface area contributed by atoms with Crippen molar-refractivity contribution in [1.29, 1.82) is 0 Å². The van der Waals surface area contributed by atoms with Crippen LogP contribution in [0, 0.1) is 5.82 Å². The van der Waals surface area contributed by atoms with Gasteiger partial charge in [-0.15, -0.1) is 0 Å². The van der Waals surface area contributed by atoms with E-state index in [1.54, 1.807) is 25.1 Å². The molecule has 0 saturated carbocycles. The van der Waals surface area contributed by atoms with Gasteiger partial charge in [-0.1, -0.05) is 22.9 Å². The number of carbonyl (C=O) groups is 3. The van der Waals surface area contributed by atoms with E-state index in [2.05, 4.69) is 21.2 Å². The van der Waals surface area contributed by atoms with E-state index in [9.17, 15) is 18.8 Å². The van der Waals surface area contributed by atoms with Gasteiger partial charge in [-0.3, -0.25) is 9.59 Å². The Hall–Kier alpha value is -2.80. The van der Waals surface area contributed by atoms with Gasteiger partial charge in [-0.2, -0.15) is 0 Å². The quantitative estimate of drug-likeness (QED) is 0.399. The first-order valence-corrected chi connectivity index (χ1v) is 8.91. The summed E-state index contributed by atoms with van der Waals surface area (Å²) < 4.78 is 19.1. The zero-order valence-corrected chi connectivity index (χ0v) is 16.1. The van der Waals surface area contributed by atoms with E-state index in [0.29, 0.717) is 22.1 Å². The zero-order chi connectivity index (χ0) is 19.8. The maximum absolute atomic E-state index is 13.6. The van der Waals surface area contributed by atoms with Gasteiger partial charge in [0.2, 0.25) is 5.91 Å². The number of benzene rings is 2. The molecular formula is C20H17BrFNO4. The lowest BCUT2D eigenvalue weighted by Crippen LogP contribution is -2.13. The molecule has 7 heteroatoms. The third-order valence-corrected chi connectivity index (χ3v) is 4.01. The molecule has 0 saturated heterocycles. The van der Waals surface area contributed by atoms with Crippen LogP contribution in [0.15, 0.2) is 53.0 Å². The predicted molar refractivity (Wildman–Crippen MR) is 104 cm³/mol. The molecule has 140 valence electrons. The van der Waals surface area contributed by atoms with Crippen molar-refractivity contribution in [1.82, 2.24) is 0 Å². The SMILES string of the molecule is CCC(=O)Nc1ccc(C(=O)COC(=O)/C=C/c2cc(Br)ccc2F)cc1. The molecule has 2 rings (SSSR count). The van der Waals surface area contributed by atoms with Gasteiger partial charge in [0, 0.05) is 33.8 Å². The molecule has 5 nitrogen and oxygen atoms in total. The molecule has 0 aliphatic heterocycles. The average molecular weight is 434 g/mol. The highest BCUT2D eigenvalue weighted by Crippen LogP contribution is 2.17.